The monoisotopic (exact) mass is 185 g/mol. The van der Waals surface area contributed by atoms with Gasteiger partial charge in [-0.1, -0.05) is 19.6 Å². The molecule has 0 spiro atoms. The Bertz CT molecular complexity index is 191. The summed E-state index contributed by atoms with van der Waals surface area (Å²) in [6.45, 7) is 8.51. The molecule has 0 aliphatic rings. The maximum atomic E-state index is 11.3. The first-order valence-corrected chi connectivity index (χ1v) is 7.95. The quantitative estimate of drug-likeness (QED) is 0.536. The van der Waals surface area contributed by atoms with E-state index in [-0.39, 0.29) is 5.78 Å². The molecule has 0 aromatic rings. The van der Waals surface area contributed by atoms with Gasteiger partial charge >= 0.3 is 0 Å². The molecule has 0 amide bonds. The number of carbonyl (C=O) groups excluding carboxylic acids is 1. The molecule has 70 valence electrons. The zero-order valence-corrected chi connectivity index (χ0v) is 9.69. The average molecular weight is 185 g/mol. The highest BCUT2D eigenvalue weighted by atomic mass is 28.3. The van der Waals surface area contributed by atoms with E-state index < -0.39 is 8.07 Å². The second-order valence-electron chi connectivity index (χ2n) is 4.28. The Balaban J connectivity index is 4.08. The van der Waals surface area contributed by atoms with Crippen LogP contribution in [0.15, 0.2) is 11.8 Å². The number of rotatable bonds is 4. The van der Waals surface area contributed by atoms with Gasteiger partial charge in [0.25, 0.3) is 0 Å². The number of hydrogen-bond donors (Lipinski definition) is 1. The highest BCUT2D eigenvalue weighted by Gasteiger charge is 2.16. The average Bonchev–Trinajstić information content (AvgIpc) is 1.82. The van der Waals surface area contributed by atoms with E-state index in [1.54, 1.807) is 6.08 Å². The van der Waals surface area contributed by atoms with Crippen LogP contribution in [-0.4, -0.2) is 20.9 Å². The van der Waals surface area contributed by atoms with Crippen molar-refractivity contribution in [3.63, 3.8) is 0 Å². The van der Waals surface area contributed by atoms with Crippen LogP contribution in [0.4, 0.5) is 0 Å². The van der Waals surface area contributed by atoms with Gasteiger partial charge in [-0.3, -0.25) is 4.79 Å². The topological polar surface area (TPSA) is 29.1 Å². The van der Waals surface area contributed by atoms with Crippen LogP contribution < -0.4 is 5.32 Å². The molecular weight excluding hydrogens is 166 g/mol. The lowest BCUT2D eigenvalue weighted by Crippen LogP contribution is -2.23. The molecular formula is C9H19NOSi. The van der Waals surface area contributed by atoms with E-state index in [9.17, 15) is 4.79 Å². The van der Waals surface area contributed by atoms with Crippen LogP contribution in [0, 0.1) is 0 Å². The molecule has 0 rings (SSSR count). The molecule has 0 fully saturated rings. The Morgan fingerprint density at radius 3 is 2.25 bits per heavy atom. The molecule has 3 heteroatoms. The number of allylic oxidation sites excluding steroid dienone is 2. The van der Waals surface area contributed by atoms with Gasteiger partial charge in [-0.15, -0.1) is 0 Å². The van der Waals surface area contributed by atoms with Crippen molar-refractivity contribution in [2.45, 2.75) is 32.6 Å². The van der Waals surface area contributed by atoms with Crippen molar-refractivity contribution in [3.05, 3.63) is 11.8 Å². The minimum Gasteiger partial charge on any atom is -0.392 e. The Morgan fingerprint density at radius 1 is 1.42 bits per heavy atom. The van der Waals surface area contributed by atoms with Gasteiger partial charge < -0.3 is 5.32 Å². The predicted molar refractivity (Wildman–Crippen MR) is 56.0 cm³/mol. The highest BCUT2D eigenvalue weighted by molar-refractivity contribution is 6.79. The van der Waals surface area contributed by atoms with E-state index in [0.717, 1.165) is 11.7 Å². The van der Waals surface area contributed by atoms with E-state index in [1.165, 1.54) is 0 Å². The fourth-order valence-corrected chi connectivity index (χ4v) is 2.03. The third-order valence-corrected chi connectivity index (χ3v) is 2.89. The van der Waals surface area contributed by atoms with Crippen molar-refractivity contribution in [2.75, 3.05) is 7.05 Å². The molecule has 0 heterocycles. The molecule has 0 atom stereocenters. The Morgan fingerprint density at radius 2 is 1.92 bits per heavy atom. The van der Waals surface area contributed by atoms with Crippen LogP contribution in [-0.2, 0) is 4.79 Å². The van der Waals surface area contributed by atoms with Gasteiger partial charge in [0, 0.05) is 18.8 Å². The van der Waals surface area contributed by atoms with Crippen molar-refractivity contribution in [2.24, 2.45) is 0 Å². The first-order valence-electron chi connectivity index (χ1n) is 4.24. The van der Waals surface area contributed by atoms with Crippen LogP contribution in [0.1, 0.15) is 6.92 Å². The lowest BCUT2D eigenvalue weighted by Gasteiger charge is -2.12. The zero-order chi connectivity index (χ0) is 9.78. The molecule has 0 aliphatic carbocycles. The van der Waals surface area contributed by atoms with Crippen LogP contribution in [0.25, 0.3) is 0 Å². The largest absolute Gasteiger partial charge is 0.392 e. The van der Waals surface area contributed by atoms with Gasteiger partial charge in [0.15, 0.2) is 5.78 Å². The van der Waals surface area contributed by atoms with Gasteiger partial charge in [-0.25, -0.2) is 0 Å². The molecule has 12 heavy (non-hydrogen) atoms. The summed E-state index contributed by atoms with van der Waals surface area (Å²) < 4.78 is 0. The van der Waals surface area contributed by atoms with Crippen LogP contribution in [0.3, 0.4) is 0 Å². The maximum absolute atomic E-state index is 11.3. The zero-order valence-electron chi connectivity index (χ0n) is 8.69. The van der Waals surface area contributed by atoms with Crippen molar-refractivity contribution in [1.29, 1.82) is 0 Å². The van der Waals surface area contributed by atoms with Gasteiger partial charge in [-0.05, 0) is 13.0 Å². The van der Waals surface area contributed by atoms with Crippen LogP contribution in [0.5, 0.6) is 0 Å². The second-order valence-corrected chi connectivity index (χ2v) is 9.76. The highest BCUT2D eigenvalue weighted by Crippen LogP contribution is 2.09. The van der Waals surface area contributed by atoms with Crippen LogP contribution >= 0.6 is 0 Å². The summed E-state index contributed by atoms with van der Waals surface area (Å²) in [5.41, 5.74) is 0.943. The van der Waals surface area contributed by atoms with Gasteiger partial charge in [-0.2, -0.15) is 0 Å². The second kappa shape index (κ2) is 4.45. The summed E-state index contributed by atoms with van der Waals surface area (Å²) >= 11 is 0. The van der Waals surface area contributed by atoms with Gasteiger partial charge in [0.1, 0.15) is 0 Å². The first kappa shape index (κ1) is 11.4. The molecule has 0 aliphatic heterocycles. The Hall–Kier alpha value is -0.573. The molecule has 0 saturated carbocycles. The summed E-state index contributed by atoms with van der Waals surface area (Å²) in [6.07, 6.45) is 1.69. The SMILES string of the molecule is CN/C(C)=C/C(=O)C[Si](C)(C)C. The van der Waals surface area contributed by atoms with Gasteiger partial charge in [0.2, 0.25) is 0 Å². The fourth-order valence-electron chi connectivity index (χ4n) is 0.887. The molecule has 0 bridgehead atoms. The van der Waals surface area contributed by atoms with Crippen molar-refractivity contribution in [3.8, 4) is 0 Å². The summed E-state index contributed by atoms with van der Waals surface area (Å²) in [6, 6.07) is 0.742. The molecule has 0 saturated heterocycles. The number of carbonyl (C=O) groups is 1. The van der Waals surface area contributed by atoms with E-state index >= 15 is 0 Å². The summed E-state index contributed by atoms with van der Waals surface area (Å²) in [7, 11) is 0.605. The minimum absolute atomic E-state index is 0.251. The van der Waals surface area contributed by atoms with E-state index in [0.29, 0.717) is 0 Å². The first-order chi connectivity index (χ1) is 5.35. The third kappa shape index (κ3) is 6.16. The molecule has 0 unspecified atom stereocenters. The number of nitrogens with one attached hydrogen (secondary N) is 1. The Labute approximate surface area is 76.1 Å². The standard InChI is InChI=1S/C9H19NOSi/c1-8(10-2)6-9(11)7-12(3,4)5/h6,10H,7H2,1-5H3/b8-6+. The lowest BCUT2D eigenvalue weighted by molar-refractivity contribution is -0.112. The van der Waals surface area contributed by atoms with Crippen LogP contribution in [0.2, 0.25) is 25.7 Å². The lowest BCUT2D eigenvalue weighted by atomic mass is 10.3. The minimum atomic E-state index is -1.22. The molecule has 0 radical (unpaired) electrons. The van der Waals surface area contributed by atoms with Crippen molar-refractivity contribution >= 4 is 13.9 Å². The predicted octanol–water partition coefficient (Wildman–Crippen LogP) is 2.02. The summed E-state index contributed by atoms with van der Waals surface area (Å²) in [4.78, 5) is 11.3. The Kier molecular flexibility index (Phi) is 4.24. The van der Waals surface area contributed by atoms with Crippen molar-refractivity contribution < 1.29 is 4.79 Å². The number of ketones is 1. The van der Waals surface area contributed by atoms with E-state index in [2.05, 4.69) is 25.0 Å². The third-order valence-electron chi connectivity index (χ3n) is 1.48. The van der Waals surface area contributed by atoms with E-state index in [1.807, 2.05) is 14.0 Å². The molecule has 1 N–H and O–H groups in total. The summed E-state index contributed by atoms with van der Waals surface area (Å²) in [5.74, 6) is 0.251. The molecule has 0 aromatic carbocycles. The molecule has 0 aromatic heterocycles. The maximum Gasteiger partial charge on any atom is 0.154 e. The molecule has 2 nitrogen and oxygen atoms in total. The number of hydrogen-bond acceptors (Lipinski definition) is 2. The fraction of sp³-hybridized carbons (Fsp3) is 0.667. The van der Waals surface area contributed by atoms with E-state index in [4.69, 9.17) is 0 Å². The van der Waals surface area contributed by atoms with Crippen molar-refractivity contribution in [1.82, 2.24) is 5.32 Å². The smallest absolute Gasteiger partial charge is 0.154 e. The summed E-state index contributed by atoms with van der Waals surface area (Å²) in [5, 5.41) is 2.94. The normalized spacial score (nSPS) is 12.9. The van der Waals surface area contributed by atoms with Gasteiger partial charge in [0.05, 0.1) is 8.07 Å².